The Morgan fingerprint density at radius 1 is 1.32 bits per heavy atom. The van der Waals surface area contributed by atoms with Crippen LogP contribution in [0.2, 0.25) is 0 Å². The zero-order valence-corrected chi connectivity index (χ0v) is 13.9. The van der Waals surface area contributed by atoms with E-state index in [1.165, 1.54) is 0 Å². The molecule has 0 saturated carbocycles. The van der Waals surface area contributed by atoms with Crippen molar-refractivity contribution in [3.05, 3.63) is 53.9 Å². The van der Waals surface area contributed by atoms with Crippen LogP contribution in [0.25, 0.3) is 0 Å². The number of hydrogen-bond acceptors (Lipinski definition) is 4. The maximum atomic E-state index is 12.4. The third kappa shape index (κ3) is 3.07. The molecule has 25 heavy (non-hydrogen) atoms. The van der Waals surface area contributed by atoms with Gasteiger partial charge in [0, 0.05) is 31.0 Å². The van der Waals surface area contributed by atoms with Crippen molar-refractivity contribution in [2.75, 3.05) is 16.8 Å². The number of fused-ring (bicyclic) bond motifs is 3. The number of pyridine rings is 1. The fourth-order valence-electron chi connectivity index (χ4n) is 3.52. The van der Waals surface area contributed by atoms with Crippen LogP contribution in [0, 0.1) is 0 Å². The van der Waals surface area contributed by atoms with Gasteiger partial charge < -0.3 is 15.5 Å². The standard InChI is InChI=1S/C19H20N4O2/c24-18(21-12-13-4-3-8-20-11-13)14-6-7-16-15(10-14)22-19(25)17-5-1-2-9-23(16)17/h3-4,6-8,10-11,17H,1-2,5,9,12H2,(H,21,24)(H,22,25)/t17-/m0/s1. The molecule has 2 N–H and O–H groups in total. The third-order valence-electron chi connectivity index (χ3n) is 4.81. The number of anilines is 2. The Bertz CT molecular complexity index is 806. The summed E-state index contributed by atoms with van der Waals surface area (Å²) in [6.07, 6.45) is 6.49. The van der Waals surface area contributed by atoms with E-state index in [0.29, 0.717) is 12.1 Å². The molecular weight excluding hydrogens is 316 g/mol. The minimum absolute atomic E-state index is 0.0279. The molecule has 2 amide bonds. The van der Waals surface area contributed by atoms with Crippen LogP contribution in [0.15, 0.2) is 42.7 Å². The van der Waals surface area contributed by atoms with Crippen molar-refractivity contribution in [3.8, 4) is 0 Å². The molecule has 3 heterocycles. The van der Waals surface area contributed by atoms with Gasteiger partial charge in [0.2, 0.25) is 5.91 Å². The quantitative estimate of drug-likeness (QED) is 0.902. The number of carbonyl (C=O) groups excluding carboxylic acids is 2. The predicted molar refractivity (Wildman–Crippen MR) is 95.5 cm³/mol. The normalized spacial score (nSPS) is 18.8. The van der Waals surface area contributed by atoms with Crippen molar-refractivity contribution >= 4 is 23.2 Å². The summed E-state index contributed by atoms with van der Waals surface area (Å²) in [5.41, 5.74) is 3.21. The van der Waals surface area contributed by atoms with E-state index in [4.69, 9.17) is 0 Å². The summed E-state index contributed by atoms with van der Waals surface area (Å²) in [4.78, 5) is 30.9. The summed E-state index contributed by atoms with van der Waals surface area (Å²) < 4.78 is 0. The number of nitrogens with one attached hydrogen (secondary N) is 2. The Kier molecular flexibility index (Phi) is 4.09. The van der Waals surface area contributed by atoms with Crippen LogP contribution >= 0.6 is 0 Å². The maximum absolute atomic E-state index is 12.4. The molecule has 2 aliphatic rings. The molecule has 0 spiro atoms. The molecule has 4 rings (SSSR count). The molecular formula is C19H20N4O2. The van der Waals surface area contributed by atoms with Crippen molar-refractivity contribution in [1.29, 1.82) is 0 Å². The molecule has 0 radical (unpaired) electrons. The molecule has 6 heteroatoms. The first-order valence-electron chi connectivity index (χ1n) is 8.61. The Morgan fingerprint density at radius 2 is 2.24 bits per heavy atom. The summed E-state index contributed by atoms with van der Waals surface area (Å²) in [7, 11) is 0. The highest BCUT2D eigenvalue weighted by Gasteiger charge is 2.34. The highest BCUT2D eigenvalue weighted by Crippen LogP contribution is 2.36. The van der Waals surface area contributed by atoms with E-state index in [1.54, 1.807) is 18.5 Å². The Labute approximate surface area is 146 Å². The zero-order chi connectivity index (χ0) is 17.2. The van der Waals surface area contributed by atoms with Gasteiger partial charge in [-0.3, -0.25) is 14.6 Å². The topological polar surface area (TPSA) is 74.3 Å². The zero-order valence-electron chi connectivity index (χ0n) is 13.9. The first-order valence-corrected chi connectivity index (χ1v) is 8.61. The van der Waals surface area contributed by atoms with Crippen molar-refractivity contribution < 1.29 is 9.59 Å². The minimum Gasteiger partial charge on any atom is -0.358 e. The number of amides is 2. The van der Waals surface area contributed by atoms with Crippen LogP contribution < -0.4 is 15.5 Å². The molecule has 0 aliphatic carbocycles. The summed E-state index contributed by atoms with van der Waals surface area (Å²) in [6, 6.07) is 9.19. The van der Waals surface area contributed by atoms with Gasteiger partial charge in [-0.2, -0.15) is 0 Å². The van der Waals surface area contributed by atoms with Gasteiger partial charge >= 0.3 is 0 Å². The van der Waals surface area contributed by atoms with E-state index < -0.39 is 0 Å². The summed E-state index contributed by atoms with van der Waals surface area (Å²) >= 11 is 0. The monoisotopic (exact) mass is 336 g/mol. The van der Waals surface area contributed by atoms with Crippen LogP contribution in [-0.4, -0.2) is 29.4 Å². The van der Waals surface area contributed by atoms with Gasteiger partial charge in [0.25, 0.3) is 5.91 Å². The largest absolute Gasteiger partial charge is 0.358 e. The highest BCUT2D eigenvalue weighted by molar-refractivity contribution is 6.05. The number of rotatable bonds is 3. The summed E-state index contributed by atoms with van der Waals surface area (Å²) in [6.45, 7) is 1.31. The van der Waals surface area contributed by atoms with Gasteiger partial charge in [-0.1, -0.05) is 6.07 Å². The lowest BCUT2D eigenvalue weighted by atomic mass is 9.97. The average Bonchev–Trinajstić information content (AvgIpc) is 2.67. The van der Waals surface area contributed by atoms with E-state index in [0.717, 1.165) is 42.7 Å². The van der Waals surface area contributed by atoms with Crippen molar-refractivity contribution in [2.45, 2.75) is 31.8 Å². The molecule has 128 valence electrons. The Hall–Kier alpha value is -2.89. The van der Waals surface area contributed by atoms with E-state index >= 15 is 0 Å². The molecule has 2 aromatic rings. The third-order valence-corrected chi connectivity index (χ3v) is 4.81. The number of aromatic nitrogens is 1. The van der Waals surface area contributed by atoms with Gasteiger partial charge in [0.15, 0.2) is 0 Å². The van der Waals surface area contributed by atoms with E-state index in [-0.39, 0.29) is 17.9 Å². The van der Waals surface area contributed by atoms with Crippen molar-refractivity contribution in [3.63, 3.8) is 0 Å². The number of piperidine rings is 1. The lowest BCUT2D eigenvalue weighted by molar-refractivity contribution is -0.118. The summed E-state index contributed by atoms with van der Waals surface area (Å²) in [5.74, 6) is -0.137. The first-order chi connectivity index (χ1) is 12.2. The van der Waals surface area contributed by atoms with Gasteiger partial charge in [0.1, 0.15) is 6.04 Å². The number of benzene rings is 1. The van der Waals surface area contributed by atoms with Crippen molar-refractivity contribution in [2.24, 2.45) is 0 Å². The number of hydrogen-bond donors (Lipinski definition) is 2. The fourth-order valence-corrected chi connectivity index (χ4v) is 3.52. The lowest BCUT2D eigenvalue weighted by Gasteiger charge is -2.41. The first kappa shape index (κ1) is 15.6. The predicted octanol–water partition coefficient (Wildman–Crippen LogP) is 2.32. The van der Waals surface area contributed by atoms with E-state index in [1.807, 2.05) is 24.3 Å². The van der Waals surface area contributed by atoms with Gasteiger partial charge in [-0.25, -0.2) is 0 Å². The number of carbonyl (C=O) groups is 2. The second-order valence-electron chi connectivity index (χ2n) is 6.47. The number of nitrogens with zero attached hydrogens (tertiary/aromatic N) is 2. The van der Waals surface area contributed by atoms with Crippen LogP contribution in [0.1, 0.15) is 35.2 Å². The van der Waals surface area contributed by atoms with Gasteiger partial charge in [-0.05, 0) is 49.1 Å². The molecule has 1 atom stereocenters. The molecule has 1 saturated heterocycles. The van der Waals surface area contributed by atoms with Crippen LogP contribution in [0.5, 0.6) is 0 Å². The average molecular weight is 336 g/mol. The van der Waals surface area contributed by atoms with E-state index in [9.17, 15) is 9.59 Å². The fraction of sp³-hybridized carbons (Fsp3) is 0.316. The van der Waals surface area contributed by atoms with Gasteiger partial charge in [0.05, 0.1) is 11.4 Å². The molecule has 0 unspecified atom stereocenters. The Morgan fingerprint density at radius 3 is 3.08 bits per heavy atom. The molecule has 1 fully saturated rings. The Balaban J connectivity index is 1.52. The molecule has 1 aromatic heterocycles. The van der Waals surface area contributed by atoms with Crippen LogP contribution in [0.4, 0.5) is 11.4 Å². The van der Waals surface area contributed by atoms with Crippen LogP contribution in [0.3, 0.4) is 0 Å². The van der Waals surface area contributed by atoms with E-state index in [2.05, 4.69) is 20.5 Å². The smallest absolute Gasteiger partial charge is 0.251 e. The second-order valence-corrected chi connectivity index (χ2v) is 6.47. The van der Waals surface area contributed by atoms with Crippen molar-refractivity contribution in [1.82, 2.24) is 10.3 Å². The SMILES string of the molecule is O=C(NCc1cccnc1)c1ccc2c(c1)NC(=O)[C@@H]1CCCCN21. The second kappa shape index (κ2) is 6.55. The molecule has 0 bridgehead atoms. The molecule has 2 aliphatic heterocycles. The van der Waals surface area contributed by atoms with Gasteiger partial charge in [-0.15, -0.1) is 0 Å². The molecule has 1 aromatic carbocycles. The summed E-state index contributed by atoms with van der Waals surface area (Å²) in [5, 5.41) is 5.84. The van der Waals surface area contributed by atoms with Crippen LogP contribution in [-0.2, 0) is 11.3 Å². The maximum Gasteiger partial charge on any atom is 0.251 e. The highest BCUT2D eigenvalue weighted by atomic mass is 16.2. The lowest BCUT2D eigenvalue weighted by Crippen LogP contribution is -2.50. The molecule has 6 nitrogen and oxygen atoms in total. The minimum atomic E-state index is -0.165.